The summed E-state index contributed by atoms with van der Waals surface area (Å²) in [5.74, 6) is 0. The van der Waals surface area contributed by atoms with Crippen molar-refractivity contribution < 1.29 is 31.1 Å². The van der Waals surface area contributed by atoms with Gasteiger partial charge < -0.3 is 10.5 Å². The van der Waals surface area contributed by atoms with Crippen molar-refractivity contribution in [2.45, 2.75) is 24.6 Å². The maximum Gasteiger partial charge on any atom is 0.423 e. The third kappa shape index (κ3) is 4.35. The fourth-order valence-electron chi connectivity index (χ4n) is 1.34. The first kappa shape index (κ1) is 15.7. The van der Waals surface area contributed by atoms with E-state index in [0.717, 1.165) is 6.20 Å². The fourth-order valence-corrected chi connectivity index (χ4v) is 1.34. The topological polar surface area (TPSA) is 48.1 Å². The number of nitrogens with two attached hydrogens (primary N) is 1. The van der Waals surface area contributed by atoms with E-state index in [1.165, 1.54) is 18.3 Å². The van der Waals surface area contributed by atoms with Crippen LogP contribution in [0.4, 0.5) is 26.3 Å². The van der Waals surface area contributed by atoms with Gasteiger partial charge in [0.05, 0.1) is 6.10 Å². The van der Waals surface area contributed by atoms with Crippen LogP contribution in [0.15, 0.2) is 24.5 Å². The van der Waals surface area contributed by atoms with E-state index in [9.17, 15) is 26.3 Å². The Morgan fingerprint density at radius 3 is 2.11 bits per heavy atom. The van der Waals surface area contributed by atoms with Crippen LogP contribution in [-0.2, 0) is 4.74 Å². The van der Waals surface area contributed by atoms with Crippen LogP contribution in [0.3, 0.4) is 0 Å². The van der Waals surface area contributed by atoms with Crippen LogP contribution in [0.25, 0.3) is 0 Å². The molecule has 0 aromatic carbocycles. The molecule has 0 fully saturated rings. The summed E-state index contributed by atoms with van der Waals surface area (Å²) in [6.45, 7) is -0.533. The number of pyridine rings is 1. The maximum atomic E-state index is 12.3. The molecule has 108 valence electrons. The quantitative estimate of drug-likeness (QED) is 0.866. The summed E-state index contributed by atoms with van der Waals surface area (Å²) in [6.07, 6.45) is -14.1. The van der Waals surface area contributed by atoms with Crippen LogP contribution in [0, 0.1) is 0 Å². The third-order valence-electron chi connectivity index (χ3n) is 2.17. The highest BCUT2D eigenvalue weighted by atomic mass is 19.4. The molecule has 0 bridgehead atoms. The van der Waals surface area contributed by atoms with Crippen molar-refractivity contribution in [3.8, 4) is 0 Å². The van der Waals surface area contributed by atoms with Gasteiger partial charge in [0.25, 0.3) is 0 Å². The second kappa shape index (κ2) is 5.74. The van der Waals surface area contributed by atoms with Gasteiger partial charge in [-0.05, 0) is 6.07 Å². The molecule has 3 nitrogen and oxygen atoms in total. The summed E-state index contributed by atoms with van der Waals surface area (Å²) >= 11 is 0. The fraction of sp³-hybridized carbons (Fsp3) is 0.500. The van der Waals surface area contributed by atoms with E-state index in [1.807, 2.05) is 0 Å². The van der Waals surface area contributed by atoms with E-state index in [0.29, 0.717) is 0 Å². The van der Waals surface area contributed by atoms with Gasteiger partial charge in [-0.15, -0.1) is 0 Å². The number of halogens is 6. The first-order valence-corrected chi connectivity index (χ1v) is 5.05. The zero-order chi connectivity index (χ0) is 14.7. The lowest BCUT2D eigenvalue weighted by Gasteiger charge is -2.27. The maximum absolute atomic E-state index is 12.3. The predicted octanol–water partition coefficient (Wildman–Crippen LogP) is 2.59. The summed E-state index contributed by atoms with van der Waals surface area (Å²) in [4.78, 5) is 3.59. The lowest BCUT2D eigenvalue weighted by Crippen LogP contribution is -2.45. The van der Waals surface area contributed by atoms with Crippen molar-refractivity contribution in [3.05, 3.63) is 30.1 Å². The number of ether oxygens (including phenoxy) is 1. The molecule has 2 N–H and O–H groups in total. The van der Waals surface area contributed by atoms with Gasteiger partial charge >= 0.3 is 12.4 Å². The van der Waals surface area contributed by atoms with E-state index < -0.39 is 31.1 Å². The van der Waals surface area contributed by atoms with Gasteiger partial charge in [-0.1, -0.05) is 6.07 Å². The molecule has 1 atom stereocenters. The molecule has 9 heteroatoms. The predicted molar refractivity (Wildman–Crippen MR) is 53.0 cm³/mol. The molecule has 0 spiro atoms. The monoisotopic (exact) mass is 288 g/mol. The Kier molecular flexibility index (Phi) is 4.75. The van der Waals surface area contributed by atoms with Crippen molar-refractivity contribution in [2.24, 2.45) is 5.73 Å². The first-order chi connectivity index (χ1) is 8.66. The standard InChI is InChI=1S/C10H10F6N2O/c11-9(12,13)8(10(14,15)16)19-7(4-17)6-2-1-3-18-5-6/h1-3,5,7-8H,4,17H2. The second-order valence-electron chi connectivity index (χ2n) is 3.61. The highest BCUT2D eigenvalue weighted by molar-refractivity contribution is 5.12. The second-order valence-corrected chi connectivity index (χ2v) is 3.61. The van der Waals surface area contributed by atoms with Gasteiger partial charge in [-0.25, -0.2) is 0 Å². The minimum absolute atomic E-state index is 0.0449. The molecule has 0 radical (unpaired) electrons. The van der Waals surface area contributed by atoms with E-state index in [-0.39, 0.29) is 5.56 Å². The number of rotatable bonds is 4. The Morgan fingerprint density at radius 1 is 1.16 bits per heavy atom. The molecule has 0 aliphatic rings. The van der Waals surface area contributed by atoms with Crippen molar-refractivity contribution in [1.29, 1.82) is 0 Å². The van der Waals surface area contributed by atoms with Gasteiger partial charge in [0.2, 0.25) is 6.10 Å². The van der Waals surface area contributed by atoms with Crippen molar-refractivity contribution in [2.75, 3.05) is 6.54 Å². The zero-order valence-corrected chi connectivity index (χ0v) is 9.37. The molecule has 0 aliphatic heterocycles. The minimum atomic E-state index is -5.56. The molecule has 0 aliphatic carbocycles. The summed E-state index contributed by atoms with van der Waals surface area (Å²) in [5, 5.41) is 0. The summed E-state index contributed by atoms with van der Waals surface area (Å²) in [7, 11) is 0. The summed E-state index contributed by atoms with van der Waals surface area (Å²) in [6, 6.07) is 2.64. The van der Waals surface area contributed by atoms with Crippen LogP contribution in [0.1, 0.15) is 11.7 Å². The van der Waals surface area contributed by atoms with Crippen LogP contribution < -0.4 is 5.73 Å². The average Bonchev–Trinajstić information content (AvgIpc) is 2.28. The summed E-state index contributed by atoms with van der Waals surface area (Å²) in [5.41, 5.74) is 5.20. The lowest BCUT2D eigenvalue weighted by atomic mass is 10.1. The Labute approximate surface area is 104 Å². The van der Waals surface area contributed by atoms with E-state index in [2.05, 4.69) is 9.72 Å². The molecular formula is C10H10F6N2O. The van der Waals surface area contributed by atoms with E-state index in [1.54, 1.807) is 0 Å². The van der Waals surface area contributed by atoms with Gasteiger partial charge in [0.15, 0.2) is 0 Å². The average molecular weight is 288 g/mol. The van der Waals surface area contributed by atoms with Gasteiger partial charge in [-0.3, -0.25) is 4.98 Å². The molecule has 19 heavy (non-hydrogen) atoms. The van der Waals surface area contributed by atoms with Crippen molar-refractivity contribution >= 4 is 0 Å². The molecule has 1 heterocycles. The van der Waals surface area contributed by atoms with Crippen molar-refractivity contribution in [3.63, 3.8) is 0 Å². The Bertz CT molecular complexity index is 377. The number of alkyl halides is 6. The Balaban J connectivity index is 2.95. The largest absolute Gasteiger partial charge is 0.423 e. The first-order valence-electron chi connectivity index (χ1n) is 5.05. The zero-order valence-electron chi connectivity index (χ0n) is 9.37. The molecule has 1 rings (SSSR count). The Morgan fingerprint density at radius 2 is 1.74 bits per heavy atom. The Hall–Kier alpha value is -1.35. The normalized spacial score (nSPS) is 14.7. The third-order valence-corrected chi connectivity index (χ3v) is 2.17. The number of hydrogen-bond acceptors (Lipinski definition) is 3. The highest BCUT2D eigenvalue weighted by Crippen LogP contribution is 2.38. The molecule has 1 aromatic rings. The molecule has 1 aromatic heterocycles. The van der Waals surface area contributed by atoms with Crippen LogP contribution in [0.2, 0.25) is 0 Å². The lowest BCUT2D eigenvalue weighted by molar-refractivity contribution is -0.331. The number of aromatic nitrogens is 1. The van der Waals surface area contributed by atoms with E-state index in [4.69, 9.17) is 5.73 Å². The molecule has 1 unspecified atom stereocenters. The smallest absolute Gasteiger partial charge is 0.351 e. The van der Waals surface area contributed by atoms with Gasteiger partial charge in [0, 0.05) is 24.5 Å². The van der Waals surface area contributed by atoms with Crippen molar-refractivity contribution in [1.82, 2.24) is 4.98 Å². The molecule has 0 saturated carbocycles. The van der Waals surface area contributed by atoms with Gasteiger partial charge in [0.1, 0.15) is 0 Å². The minimum Gasteiger partial charge on any atom is -0.351 e. The molecule has 0 saturated heterocycles. The molecular weight excluding hydrogens is 278 g/mol. The van der Waals surface area contributed by atoms with Gasteiger partial charge in [-0.2, -0.15) is 26.3 Å². The van der Waals surface area contributed by atoms with Crippen LogP contribution in [0.5, 0.6) is 0 Å². The van der Waals surface area contributed by atoms with Crippen LogP contribution >= 0.6 is 0 Å². The highest BCUT2D eigenvalue weighted by Gasteiger charge is 2.58. The number of nitrogens with zero attached hydrogens (tertiary/aromatic N) is 1. The number of hydrogen-bond donors (Lipinski definition) is 1. The van der Waals surface area contributed by atoms with E-state index >= 15 is 0 Å². The SMILES string of the molecule is NCC(OC(C(F)(F)F)C(F)(F)F)c1cccnc1. The summed E-state index contributed by atoms with van der Waals surface area (Å²) < 4.78 is 78.1. The van der Waals surface area contributed by atoms with Crippen LogP contribution in [-0.4, -0.2) is 30.0 Å². The molecule has 0 amide bonds.